The maximum atomic E-state index is 13.9. The van der Waals surface area contributed by atoms with Crippen LogP contribution in [0.2, 0.25) is 0 Å². The molecule has 4 aromatic rings. The summed E-state index contributed by atoms with van der Waals surface area (Å²) in [5, 5.41) is 20.0. The van der Waals surface area contributed by atoms with E-state index >= 15 is 0 Å². The Morgan fingerprint density at radius 2 is 1.06 bits per heavy atom. The average Bonchev–Trinajstić information content (AvgIpc) is 3.49. The Balaban J connectivity index is 0.000000184. The molecule has 2 N–H and O–H groups in total. The first-order valence-electron chi connectivity index (χ1n) is 22.8. The maximum Gasteiger partial charge on any atom is 0.415 e. The molecular formula is C52H62Br2N4O10. The number of epoxide rings is 1. The van der Waals surface area contributed by atoms with Gasteiger partial charge in [-0.1, -0.05) is 44.0 Å². The monoisotopic (exact) mass is 1060 g/mol. The summed E-state index contributed by atoms with van der Waals surface area (Å²) in [5.74, 6) is 0.295. The molecule has 364 valence electrons. The third-order valence-electron chi connectivity index (χ3n) is 12.0. The maximum absolute atomic E-state index is 13.9. The Hall–Kier alpha value is -5.16. The Kier molecular flexibility index (Phi) is 13.9. The van der Waals surface area contributed by atoms with Gasteiger partial charge < -0.3 is 39.0 Å². The van der Waals surface area contributed by atoms with Crippen molar-refractivity contribution in [3.05, 3.63) is 105 Å². The minimum atomic E-state index is -1.06. The number of aromatic hydroxyl groups is 1. The first-order valence-corrected chi connectivity index (χ1v) is 24.3. The van der Waals surface area contributed by atoms with Crippen LogP contribution in [0.25, 0.3) is 0 Å². The van der Waals surface area contributed by atoms with Gasteiger partial charge in [0.25, 0.3) is 11.8 Å². The van der Waals surface area contributed by atoms with E-state index in [1.54, 1.807) is 62.6 Å². The molecule has 0 radical (unpaired) electrons. The Morgan fingerprint density at radius 1 is 0.662 bits per heavy atom. The number of ether oxygens (including phenoxy) is 4. The van der Waals surface area contributed by atoms with Crippen LogP contribution in [-0.4, -0.2) is 94.0 Å². The summed E-state index contributed by atoms with van der Waals surface area (Å²) in [6.07, 6.45) is 0.629. The van der Waals surface area contributed by atoms with Gasteiger partial charge in [0, 0.05) is 58.4 Å². The summed E-state index contributed by atoms with van der Waals surface area (Å²) in [6.45, 7) is 20.3. The van der Waals surface area contributed by atoms with Crippen molar-refractivity contribution in [3.63, 3.8) is 0 Å². The third-order valence-corrected chi connectivity index (χ3v) is 13.0. The van der Waals surface area contributed by atoms with Gasteiger partial charge in [0.1, 0.15) is 40.4 Å². The summed E-state index contributed by atoms with van der Waals surface area (Å²) >= 11 is 6.85. The zero-order valence-corrected chi connectivity index (χ0v) is 43.6. The molecule has 5 aliphatic rings. The van der Waals surface area contributed by atoms with E-state index in [1.165, 1.54) is 15.9 Å². The predicted octanol–water partition coefficient (Wildman–Crippen LogP) is 10.5. The standard InChI is InChI=1S/C26H31BrN2O5.C22H23BrN2O4.C4H8O/c1-24(2,3)34-23(31)29-21-14-20(33-16-25(4,5)32)11-6-17(21)15-26(29)12-13-28(22(26)30)19-9-7-18(27)8-10-19;1-21(2,3)29-20(28)25-18-12-17(26)9-4-14(18)13-22(25)10-11-24(19(22)27)16-7-5-15(23)6-8-16;1-4(2)3-5-4/h6-11,14,32H,12-13,15-16H2,1-5H3;4-9,12,26H,10-11,13H2,1-3H3;3H2,1-2H3. The largest absolute Gasteiger partial charge is 0.508 e. The van der Waals surface area contributed by atoms with Crippen LogP contribution in [0.5, 0.6) is 11.5 Å². The minimum absolute atomic E-state index is 0.0459. The highest BCUT2D eigenvalue weighted by atomic mass is 79.9. The lowest BCUT2D eigenvalue weighted by molar-refractivity contribution is -0.122. The fraction of sp³-hybridized carbons (Fsp3) is 0.462. The summed E-state index contributed by atoms with van der Waals surface area (Å²) < 4.78 is 23.9. The highest BCUT2D eigenvalue weighted by Crippen LogP contribution is 2.49. The molecule has 16 heteroatoms. The topological polar surface area (TPSA) is 162 Å². The Morgan fingerprint density at radius 3 is 1.44 bits per heavy atom. The van der Waals surface area contributed by atoms with E-state index < -0.39 is 40.1 Å². The molecular weight excluding hydrogens is 1000 g/mol. The van der Waals surface area contributed by atoms with E-state index in [2.05, 4.69) is 45.7 Å². The van der Waals surface area contributed by atoms with Gasteiger partial charge in [0.05, 0.1) is 29.2 Å². The molecule has 2 atom stereocenters. The van der Waals surface area contributed by atoms with Crippen molar-refractivity contribution in [2.45, 2.75) is 128 Å². The minimum Gasteiger partial charge on any atom is -0.508 e. The van der Waals surface area contributed by atoms with E-state index in [4.69, 9.17) is 18.9 Å². The third kappa shape index (κ3) is 11.1. The van der Waals surface area contributed by atoms with Crippen molar-refractivity contribution in [3.8, 4) is 11.5 Å². The first kappa shape index (κ1) is 50.7. The van der Waals surface area contributed by atoms with Gasteiger partial charge in [-0.25, -0.2) is 9.59 Å². The number of hydrogen-bond acceptors (Lipinski definition) is 10. The molecule has 0 aliphatic carbocycles. The first-order chi connectivity index (χ1) is 31.6. The van der Waals surface area contributed by atoms with E-state index in [9.17, 15) is 29.4 Å². The zero-order valence-electron chi connectivity index (χ0n) is 40.4. The summed E-state index contributed by atoms with van der Waals surface area (Å²) in [5.41, 5.74) is 0.160. The van der Waals surface area contributed by atoms with E-state index in [0.717, 1.165) is 38.1 Å². The Bertz CT molecular complexity index is 2560. The lowest BCUT2D eigenvalue weighted by Gasteiger charge is -2.35. The van der Waals surface area contributed by atoms with E-state index in [0.29, 0.717) is 55.9 Å². The lowest BCUT2D eigenvalue weighted by atomic mass is 9.92. The molecule has 4 amide bonds. The average molecular weight is 1060 g/mol. The molecule has 3 saturated heterocycles. The molecule has 3 fully saturated rings. The number of amides is 4. The fourth-order valence-electron chi connectivity index (χ4n) is 8.71. The number of halogens is 2. The van der Waals surface area contributed by atoms with Gasteiger partial charge in [-0.15, -0.1) is 0 Å². The molecule has 0 bridgehead atoms. The van der Waals surface area contributed by atoms with Crippen molar-refractivity contribution < 1.29 is 48.3 Å². The van der Waals surface area contributed by atoms with E-state index in [1.807, 2.05) is 81.4 Å². The number of carbonyl (C=O) groups excluding carboxylic acids is 4. The number of fused-ring (bicyclic) bond motifs is 2. The molecule has 0 aromatic heterocycles. The molecule has 5 heterocycles. The number of hydrogen-bond donors (Lipinski definition) is 2. The highest BCUT2D eigenvalue weighted by molar-refractivity contribution is 9.10. The number of rotatable bonds is 5. The van der Waals surface area contributed by atoms with Crippen molar-refractivity contribution >= 4 is 78.6 Å². The number of carbonyl (C=O) groups is 4. The van der Waals surface area contributed by atoms with Crippen LogP contribution in [-0.2, 0) is 36.6 Å². The Labute approximate surface area is 415 Å². The van der Waals surface area contributed by atoms with Crippen molar-refractivity contribution in [2.75, 3.05) is 45.9 Å². The molecule has 68 heavy (non-hydrogen) atoms. The SMILES string of the molecule is CC(C)(C)OC(=O)N1c2cc(O)ccc2CC12CCN(c1ccc(Br)cc1)C2=O.CC(C)(O)COc1ccc2c(c1)N(C(=O)OC(C)(C)C)C1(CCN(c3ccc(Br)cc3)C1=O)C2.CC1(C)CO1. The van der Waals surface area contributed by atoms with Crippen LogP contribution in [0.4, 0.5) is 32.3 Å². The van der Waals surface area contributed by atoms with Crippen LogP contribution in [0.3, 0.4) is 0 Å². The van der Waals surface area contributed by atoms with Gasteiger partial charge >= 0.3 is 12.2 Å². The number of anilines is 4. The molecule has 9 rings (SSSR count). The molecule has 0 saturated carbocycles. The smallest absolute Gasteiger partial charge is 0.415 e. The predicted molar refractivity (Wildman–Crippen MR) is 269 cm³/mol. The van der Waals surface area contributed by atoms with Gasteiger partial charge in [-0.3, -0.25) is 19.4 Å². The summed E-state index contributed by atoms with van der Waals surface area (Å²) in [6, 6.07) is 25.5. The zero-order chi connectivity index (χ0) is 49.8. The van der Waals surface area contributed by atoms with Gasteiger partial charge in [-0.05, 0) is 154 Å². The van der Waals surface area contributed by atoms with Gasteiger partial charge in [0.15, 0.2) is 0 Å². The number of aliphatic hydroxyl groups is 1. The van der Waals surface area contributed by atoms with Crippen molar-refractivity contribution in [2.24, 2.45) is 0 Å². The number of phenols is 1. The number of phenolic OH excluding ortho intramolecular Hbond substituents is 1. The van der Waals surface area contributed by atoms with Crippen LogP contribution >= 0.6 is 31.9 Å². The second kappa shape index (κ2) is 18.6. The molecule has 2 spiro atoms. The van der Waals surface area contributed by atoms with E-state index in [-0.39, 0.29) is 29.8 Å². The lowest BCUT2D eigenvalue weighted by Crippen LogP contribution is -2.56. The summed E-state index contributed by atoms with van der Waals surface area (Å²) in [7, 11) is 0. The summed E-state index contributed by atoms with van der Waals surface area (Å²) in [4.78, 5) is 60.7. The van der Waals surface area contributed by atoms with Crippen LogP contribution in [0.1, 0.15) is 93.2 Å². The second-order valence-electron chi connectivity index (χ2n) is 21.2. The fourth-order valence-corrected chi connectivity index (χ4v) is 9.24. The van der Waals surface area contributed by atoms with Crippen LogP contribution < -0.4 is 24.3 Å². The van der Waals surface area contributed by atoms with Crippen LogP contribution in [0, 0.1) is 0 Å². The van der Waals surface area contributed by atoms with Crippen molar-refractivity contribution in [1.82, 2.24) is 0 Å². The highest BCUT2D eigenvalue weighted by Gasteiger charge is 2.60. The quantitative estimate of drug-likeness (QED) is 0.184. The molecule has 2 unspecified atom stereocenters. The van der Waals surface area contributed by atoms with Crippen molar-refractivity contribution in [1.29, 1.82) is 0 Å². The molecule has 5 aliphatic heterocycles. The number of benzene rings is 4. The normalized spacial score (nSPS) is 21.2. The molecule has 14 nitrogen and oxygen atoms in total. The second-order valence-corrected chi connectivity index (χ2v) is 23.0. The van der Waals surface area contributed by atoms with Gasteiger partial charge in [-0.2, -0.15) is 0 Å². The van der Waals surface area contributed by atoms with Crippen LogP contribution in [0.15, 0.2) is 93.9 Å². The van der Waals surface area contributed by atoms with Gasteiger partial charge in [0.2, 0.25) is 0 Å². The molecule has 4 aromatic carbocycles. The number of nitrogens with zero attached hydrogens (tertiary/aromatic N) is 4.